The molecular weight excluding hydrogens is 376 g/mol. The van der Waals surface area contributed by atoms with E-state index in [1.165, 1.54) is 0 Å². The number of hydrogen-bond acceptors (Lipinski definition) is 4. The van der Waals surface area contributed by atoms with Gasteiger partial charge >= 0.3 is 0 Å². The molecule has 0 saturated carbocycles. The molecule has 1 saturated heterocycles. The van der Waals surface area contributed by atoms with E-state index in [4.69, 9.17) is 5.73 Å². The van der Waals surface area contributed by atoms with Gasteiger partial charge in [0.2, 0.25) is 10.0 Å². The Morgan fingerprint density at radius 1 is 1.08 bits per heavy atom. The van der Waals surface area contributed by atoms with Crippen molar-refractivity contribution >= 4 is 34.2 Å². The first-order chi connectivity index (χ1) is 11.6. The third kappa shape index (κ3) is 4.20. The van der Waals surface area contributed by atoms with Crippen molar-refractivity contribution < 1.29 is 8.42 Å². The van der Waals surface area contributed by atoms with Crippen LogP contribution in [-0.4, -0.2) is 38.6 Å². The Hall–Kier alpha value is -1.05. The Bertz CT molecular complexity index is 782. The number of benzene rings is 2. The van der Waals surface area contributed by atoms with Crippen molar-refractivity contribution in [1.29, 1.82) is 0 Å². The van der Waals surface area contributed by atoms with Crippen molar-refractivity contribution in [2.75, 3.05) is 25.9 Å². The summed E-state index contributed by atoms with van der Waals surface area (Å²) in [6.07, 6.45) is 1.97. The molecule has 1 aliphatic rings. The van der Waals surface area contributed by atoms with Gasteiger partial charge in [-0.3, -0.25) is 0 Å². The number of sulfonamides is 1. The minimum absolute atomic E-state index is 0. The van der Waals surface area contributed by atoms with Crippen LogP contribution in [0.3, 0.4) is 0 Å². The van der Waals surface area contributed by atoms with Gasteiger partial charge in [-0.1, -0.05) is 30.3 Å². The molecule has 4 nitrogen and oxygen atoms in total. The molecule has 25 heavy (non-hydrogen) atoms. The van der Waals surface area contributed by atoms with E-state index < -0.39 is 10.0 Å². The topological polar surface area (TPSA) is 63.4 Å². The maximum absolute atomic E-state index is 13.0. The summed E-state index contributed by atoms with van der Waals surface area (Å²) in [4.78, 5) is 1.40. The van der Waals surface area contributed by atoms with Gasteiger partial charge in [0.05, 0.1) is 4.90 Å². The Morgan fingerprint density at radius 3 is 2.28 bits per heavy atom. The third-order valence-corrected chi connectivity index (χ3v) is 7.22. The van der Waals surface area contributed by atoms with Gasteiger partial charge in [-0.25, -0.2) is 8.42 Å². The summed E-state index contributed by atoms with van der Waals surface area (Å²) in [6.45, 7) is 1.44. The van der Waals surface area contributed by atoms with Gasteiger partial charge in [-0.05, 0) is 48.5 Å². The number of halogens is 1. The first-order valence-corrected chi connectivity index (χ1v) is 10.6. The summed E-state index contributed by atoms with van der Waals surface area (Å²) in [5.74, 6) is 0.295. The second kappa shape index (κ2) is 8.56. The van der Waals surface area contributed by atoms with Crippen molar-refractivity contribution in [2.24, 2.45) is 11.7 Å². The Balaban J connectivity index is 0.00000225. The Kier molecular flexibility index (Phi) is 6.93. The third-order valence-electron chi connectivity index (χ3n) is 4.64. The lowest BCUT2D eigenvalue weighted by Gasteiger charge is -2.17. The molecule has 0 unspecified atom stereocenters. The first-order valence-electron chi connectivity index (χ1n) is 7.95. The van der Waals surface area contributed by atoms with Crippen LogP contribution in [0.25, 0.3) is 0 Å². The molecule has 7 heteroatoms. The summed E-state index contributed by atoms with van der Waals surface area (Å²) >= 11 is 1.60. The van der Waals surface area contributed by atoms with Gasteiger partial charge in [-0.2, -0.15) is 4.31 Å². The molecule has 0 amide bonds. The molecule has 1 aliphatic heterocycles. The highest BCUT2D eigenvalue weighted by Crippen LogP contribution is 2.35. The lowest BCUT2D eigenvalue weighted by Crippen LogP contribution is -2.30. The van der Waals surface area contributed by atoms with Gasteiger partial charge in [0.1, 0.15) is 0 Å². The number of thioether (sulfide) groups is 1. The van der Waals surface area contributed by atoms with E-state index >= 15 is 0 Å². The molecule has 0 aromatic heterocycles. The number of nitrogens with zero attached hydrogens (tertiary/aromatic N) is 1. The van der Waals surface area contributed by atoms with Crippen LogP contribution in [0.4, 0.5) is 0 Å². The predicted octanol–water partition coefficient (Wildman–Crippen LogP) is 3.19. The molecule has 0 aliphatic carbocycles. The smallest absolute Gasteiger partial charge is 0.243 e. The molecule has 0 spiro atoms. The second-order valence-electron chi connectivity index (χ2n) is 6.01. The van der Waals surface area contributed by atoms with Crippen molar-refractivity contribution in [3.63, 3.8) is 0 Å². The van der Waals surface area contributed by atoms with E-state index in [1.54, 1.807) is 28.2 Å². The van der Waals surface area contributed by atoms with Crippen LogP contribution in [0.2, 0.25) is 0 Å². The number of rotatable bonds is 5. The molecule has 2 N–H and O–H groups in total. The van der Waals surface area contributed by atoms with Gasteiger partial charge < -0.3 is 5.73 Å². The van der Waals surface area contributed by atoms with Crippen molar-refractivity contribution in [3.05, 3.63) is 60.2 Å². The standard InChI is InChI=1S/C18H22N2O2S2.ClH/c1-23-16-7-9-17(10-8-16)24(21,22)20-12-15(11-19)18(13-20)14-5-3-2-4-6-14;/h2-10,15,18H,11-13,19H2,1H3;1H/t15-,18+;/m1./s1. The van der Waals surface area contributed by atoms with Crippen LogP contribution in [0.1, 0.15) is 11.5 Å². The zero-order valence-corrected chi connectivity index (χ0v) is 16.5. The highest BCUT2D eigenvalue weighted by Gasteiger charge is 2.39. The van der Waals surface area contributed by atoms with Crippen molar-refractivity contribution in [2.45, 2.75) is 15.7 Å². The molecule has 1 heterocycles. The second-order valence-corrected chi connectivity index (χ2v) is 8.83. The maximum Gasteiger partial charge on any atom is 0.243 e. The van der Waals surface area contributed by atoms with Crippen LogP contribution in [0.15, 0.2) is 64.4 Å². The van der Waals surface area contributed by atoms with E-state index in [9.17, 15) is 8.42 Å². The minimum Gasteiger partial charge on any atom is -0.330 e. The molecule has 2 aromatic rings. The van der Waals surface area contributed by atoms with Gasteiger partial charge in [0.25, 0.3) is 0 Å². The summed E-state index contributed by atoms with van der Waals surface area (Å²) in [7, 11) is -3.48. The van der Waals surface area contributed by atoms with Crippen molar-refractivity contribution in [3.8, 4) is 0 Å². The Morgan fingerprint density at radius 2 is 1.72 bits per heavy atom. The molecule has 136 valence electrons. The molecule has 2 atom stereocenters. The van der Waals surface area contributed by atoms with Crippen LogP contribution in [0.5, 0.6) is 0 Å². The van der Waals surface area contributed by atoms with Crippen LogP contribution in [0, 0.1) is 5.92 Å². The average molecular weight is 399 g/mol. The lowest BCUT2D eigenvalue weighted by atomic mass is 9.89. The Labute approximate surface area is 160 Å². The minimum atomic E-state index is -3.48. The molecule has 0 bridgehead atoms. The fourth-order valence-corrected chi connectivity index (χ4v) is 5.17. The fourth-order valence-electron chi connectivity index (χ4n) is 3.24. The van der Waals surface area contributed by atoms with Crippen LogP contribution < -0.4 is 5.73 Å². The van der Waals surface area contributed by atoms with Gasteiger partial charge in [-0.15, -0.1) is 24.2 Å². The van der Waals surface area contributed by atoms with E-state index in [1.807, 2.05) is 36.6 Å². The highest BCUT2D eigenvalue weighted by molar-refractivity contribution is 7.98. The molecular formula is C18H23ClN2O2S2. The average Bonchev–Trinajstić information content (AvgIpc) is 3.08. The van der Waals surface area contributed by atoms with E-state index in [0.29, 0.717) is 24.5 Å². The van der Waals surface area contributed by atoms with Crippen molar-refractivity contribution in [1.82, 2.24) is 4.31 Å². The number of hydrogen-bond donors (Lipinski definition) is 1. The van der Waals surface area contributed by atoms with Crippen LogP contribution >= 0.6 is 24.2 Å². The monoisotopic (exact) mass is 398 g/mol. The predicted molar refractivity (Wildman–Crippen MR) is 106 cm³/mol. The summed E-state index contributed by atoms with van der Waals surface area (Å²) < 4.78 is 27.5. The highest BCUT2D eigenvalue weighted by atomic mass is 35.5. The summed E-state index contributed by atoms with van der Waals surface area (Å²) in [5, 5.41) is 0. The van der Waals surface area contributed by atoms with E-state index in [0.717, 1.165) is 10.5 Å². The fraction of sp³-hybridized carbons (Fsp3) is 0.333. The molecule has 2 aromatic carbocycles. The summed E-state index contributed by atoms with van der Waals surface area (Å²) in [6, 6.07) is 17.1. The molecule has 1 fully saturated rings. The van der Waals surface area contributed by atoms with Crippen LogP contribution in [-0.2, 0) is 10.0 Å². The van der Waals surface area contributed by atoms with E-state index in [-0.39, 0.29) is 24.2 Å². The zero-order valence-electron chi connectivity index (χ0n) is 14.0. The summed E-state index contributed by atoms with van der Waals surface area (Å²) in [5.41, 5.74) is 7.08. The normalized spacial score (nSPS) is 21.0. The SMILES string of the molecule is CSc1ccc(S(=O)(=O)N2C[C@@H](CN)[C@H](c3ccccc3)C2)cc1.Cl. The van der Waals surface area contributed by atoms with Gasteiger partial charge in [0, 0.05) is 23.9 Å². The quantitative estimate of drug-likeness (QED) is 0.785. The van der Waals surface area contributed by atoms with E-state index in [2.05, 4.69) is 12.1 Å². The van der Waals surface area contributed by atoms with Gasteiger partial charge in [0.15, 0.2) is 0 Å². The first kappa shape index (κ1) is 20.3. The lowest BCUT2D eigenvalue weighted by molar-refractivity contribution is 0.459. The zero-order chi connectivity index (χ0) is 17.2. The number of nitrogens with two attached hydrogens (primary N) is 1. The molecule has 0 radical (unpaired) electrons. The molecule has 3 rings (SSSR count). The largest absolute Gasteiger partial charge is 0.330 e. The maximum atomic E-state index is 13.0.